The van der Waals surface area contributed by atoms with E-state index in [4.69, 9.17) is 9.72 Å². The zero-order valence-electron chi connectivity index (χ0n) is 15.6. The molecule has 0 atom stereocenters. The number of rotatable bonds is 5. The second-order valence-electron chi connectivity index (χ2n) is 6.45. The molecule has 0 aliphatic heterocycles. The van der Waals surface area contributed by atoms with Gasteiger partial charge < -0.3 is 4.74 Å². The highest BCUT2D eigenvalue weighted by Crippen LogP contribution is 2.33. The van der Waals surface area contributed by atoms with Crippen LogP contribution in [0.4, 0.5) is 5.13 Å². The number of carbonyl (C=O) groups is 1. The summed E-state index contributed by atoms with van der Waals surface area (Å²) in [6.45, 7) is 2.38. The largest absolute Gasteiger partial charge is 0.497 e. The Balaban J connectivity index is 1.77. The predicted octanol–water partition coefficient (Wildman–Crippen LogP) is 4.86. The van der Waals surface area contributed by atoms with E-state index in [1.807, 2.05) is 61.5 Å². The molecule has 0 radical (unpaired) electrons. The van der Waals surface area contributed by atoms with Gasteiger partial charge in [0.25, 0.3) is 5.91 Å². The fraction of sp³-hybridized carbons (Fsp3) is 0.136. The van der Waals surface area contributed by atoms with Crippen LogP contribution in [0.5, 0.6) is 5.75 Å². The zero-order valence-corrected chi connectivity index (χ0v) is 16.4. The molecule has 0 fully saturated rings. The molecule has 0 N–H and O–H groups in total. The molecule has 2 aromatic carbocycles. The maximum absolute atomic E-state index is 13.3. The Kier molecular flexibility index (Phi) is 5.04. The first-order valence-electron chi connectivity index (χ1n) is 8.86. The molecule has 0 saturated carbocycles. The van der Waals surface area contributed by atoms with Gasteiger partial charge in [-0.2, -0.15) is 0 Å². The number of carbonyl (C=O) groups excluding carboxylic acids is 1. The average molecular weight is 389 g/mol. The lowest BCUT2D eigenvalue weighted by Crippen LogP contribution is -2.30. The molecule has 4 rings (SSSR count). The molecule has 5 nitrogen and oxygen atoms in total. The van der Waals surface area contributed by atoms with Crippen molar-refractivity contribution in [2.24, 2.45) is 0 Å². The highest BCUT2D eigenvalue weighted by molar-refractivity contribution is 7.22. The van der Waals surface area contributed by atoms with E-state index in [1.165, 1.54) is 11.3 Å². The van der Waals surface area contributed by atoms with Crippen LogP contribution < -0.4 is 9.64 Å². The van der Waals surface area contributed by atoms with Gasteiger partial charge in [-0.3, -0.25) is 14.7 Å². The molecular formula is C22H19N3O2S. The van der Waals surface area contributed by atoms with Crippen LogP contribution in [0, 0.1) is 6.92 Å². The number of anilines is 1. The number of thiazole rings is 1. The summed E-state index contributed by atoms with van der Waals surface area (Å²) in [6, 6.07) is 17.2. The molecule has 0 aliphatic rings. The second kappa shape index (κ2) is 7.78. The van der Waals surface area contributed by atoms with Crippen molar-refractivity contribution in [2.75, 3.05) is 12.0 Å². The lowest BCUT2D eigenvalue weighted by molar-refractivity contribution is 0.0985. The standard InChI is InChI=1S/C22H19N3O2S/c1-15-5-3-7-17(11-15)21(26)25(14-16-6-4-10-23-13-16)22-24-19-9-8-18(27-2)12-20(19)28-22/h3-13H,14H2,1-2H3. The van der Waals surface area contributed by atoms with Crippen LogP contribution in [0.3, 0.4) is 0 Å². The van der Waals surface area contributed by atoms with Crippen molar-refractivity contribution in [3.05, 3.63) is 83.7 Å². The van der Waals surface area contributed by atoms with Crippen LogP contribution in [-0.2, 0) is 6.54 Å². The summed E-state index contributed by atoms with van der Waals surface area (Å²) in [6.07, 6.45) is 3.49. The fourth-order valence-corrected chi connectivity index (χ4v) is 3.96. The highest BCUT2D eigenvalue weighted by atomic mass is 32.1. The molecule has 2 aromatic heterocycles. The third-order valence-electron chi connectivity index (χ3n) is 4.39. The summed E-state index contributed by atoms with van der Waals surface area (Å²) >= 11 is 1.47. The Labute approximate surface area is 167 Å². The Morgan fingerprint density at radius 2 is 2.04 bits per heavy atom. The van der Waals surface area contributed by atoms with Crippen molar-refractivity contribution in [2.45, 2.75) is 13.5 Å². The monoisotopic (exact) mass is 389 g/mol. The van der Waals surface area contributed by atoms with Crippen molar-refractivity contribution in [1.82, 2.24) is 9.97 Å². The van der Waals surface area contributed by atoms with E-state index in [-0.39, 0.29) is 5.91 Å². The summed E-state index contributed by atoms with van der Waals surface area (Å²) in [5, 5.41) is 0.651. The number of hydrogen-bond acceptors (Lipinski definition) is 5. The molecule has 0 unspecified atom stereocenters. The van der Waals surface area contributed by atoms with E-state index in [0.29, 0.717) is 17.2 Å². The first-order chi connectivity index (χ1) is 13.6. The number of benzene rings is 2. The minimum Gasteiger partial charge on any atom is -0.497 e. The van der Waals surface area contributed by atoms with Gasteiger partial charge in [-0.25, -0.2) is 4.98 Å². The Hall–Kier alpha value is -3.25. The molecule has 1 amide bonds. The van der Waals surface area contributed by atoms with Gasteiger partial charge in [0, 0.05) is 18.0 Å². The van der Waals surface area contributed by atoms with Crippen molar-refractivity contribution < 1.29 is 9.53 Å². The smallest absolute Gasteiger partial charge is 0.260 e. The number of amides is 1. The summed E-state index contributed by atoms with van der Waals surface area (Å²) in [7, 11) is 1.64. The third kappa shape index (κ3) is 3.73. The van der Waals surface area contributed by atoms with Gasteiger partial charge in [0.05, 0.1) is 23.9 Å². The number of fused-ring (bicyclic) bond motifs is 1. The number of ether oxygens (including phenoxy) is 1. The van der Waals surface area contributed by atoms with E-state index < -0.39 is 0 Å². The maximum atomic E-state index is 13.3. The topological polar surface area (TPSA) is 55.3 Å². The van der Waals surface area contributed by atoms with E-state index >= 15 is 0 Å². The van der Waals surface area contributed by atoms with Gasteiger partial charge >= 0.3 is 0 Å². The van der Waals surface area contributed by atoms with Gasteiger partial charge in [-0.1, -0.05) is 35.1 Å². The number of hydrogen-bond donors (Lipinski definition) is 0. The molecule has 6 heteroatoms. The molecule has 4 aromatic rings. The molecule has 0 bridgehead atoms. The summed E-state index contributed by atoms with van der Waals surface area (Å²) in [4.78, 5) is 23.9. The molecule has 2 heterocycles. The van der Waals surface area contributed by atoms with Crippen LogP contribution in [0.15, 0.2) is 67.0 Å². The Morgan fingerprint density at radius 1 is 1.14 bits per heavy atom. The van der Waals surface area contributed by atoms with Crippen molar-refractivity contribution in [1.29, 1.82) is 0 Å². The maximum Gasteiger partial charge on any atom is 0.260 e. The van der Waals surface area contributed by atoms with Crippen molar-refractivity contribution in [3.8, 4) is 5.75 Å². The second-order valence-corrected chi connectivity index (χ2v) is 7.46. The van der Waals surface area contributed by atoms with Crippen LogP contribution in [0.25, 0.3) is 10.2 Å². The van der Waals surface area contributed by atoms with Crippen molar-refractivity contribution >= 4 is 32.6 Å². The molecule has 0 spiro atoms. The normalized spacial score (nSPS) is 10.8. The number of methoxy groups -OCH3 is 1. The lowest BCUT2D eigenvalue weighted by Gasteiger charge is -2.20. The Morgan fingerprint density at radius 3 is 2.79 bits per heavy atom. The van der Waals surface area contributed by atoms with Gasteiger partial charge in [-0.15, -0.1) is 0 Å². The average Bonchev–Trinajstić information content (AvgIpc) is 3.15. The first-order valence-corrected chi connectivity index (χ1v) is 9.68. The van der Waals surface area contributed by atoms with E-state index in [9.17, 15) is 4.79 Å². The van der Waals surface area contributed by atoms with Crippen LogP contribution in [0.1, 0.15) is 21.5 Å². The molecule has 0 saturated heterocycles. The highest BCUT2D eigenvalue weighted by Gasteiger charge is 2.22. The number of aryl methyl sites for hydroxylation is 1. The predicted molar refractivity (Wildman–Crippen MR) is 112 cm³/mol. The fourth-order valence-electron chi connectivity index (χ4n) is 2.97. The molecule has 28 heavy (non-hydrogen) atoms. The van der Waals surface area contributed by atoms with E-state index in [2.05, 4.69) is 4.98 Å². The summed E-state index contributed by atoms with van der Waals surface area (Å²) in [5.41, 5.74) is 3.47. The number of aromatic nitrogens is 2. The molecular weight excluding hydrogens is 370 g/mol. The van der Waals surface area contributed by atoms with Crippen LogP contribution >= 0.6 is 11.3 Å². The van der Waals surface area contributed by atoms with E-state index in [0.717, 1.165) is 27.1 Å². The van der Waals surface area contributed by atoms with Gasteiger partial charge in [0.15, 0.2) is 5.13 Å². The minimum atomic E-state index is -0.0847. The SMILES string of the molecule is COc1ccc2nc(N(Cc3cccnc3)C(=O)c3cccc(C)c3)sc2c1. The molecule has 140 valence electrons. The minimum absolute atomic E-state index is 0.0847. The Bertz CT molecular complexity index is 1130. The number of pyridine rings is 1. The first kappa shape index (κ1) is 18.1. The van der Waals surface area contributed by atoms with Crippen LogP contribution in [-0.4, -0.2) is 23.0 Å². The summed E-state index contributed by atoms with van der Waals surface area (Å²) < 4.78 is 6.28. The van der Waals surface area contributed by atoms with Gasteiger partial charge in [0.2, 0.25) is 0 Å². The van der Waals surface area contributed by atoms with Gasteiger partial charge in [0.1, 0.15) is 5.75 Å². The number of nitrogens with zero attached hydrogens (tertiary/aromatic N) is 3. The van der Waals surface area contributed by atoms with E-state index in [1.54, 1.807) is 24.4 Å². The van der Waals surface area contributed by atoms with Crippen molar-refractivity contribution in [3.63, 3.8) is 0 Å². The third-order valence-corrected chi connectivity index (χ3v) is 5.43. The molecule has 0 aliphatic carbocycles. The summed E-state index contributed by atoms with van der Waals surface area (Å²) in [5.74, 6) is 0.685. The lowest BCUT2D eigenvalue weighted by atomic mass is 10.1. The van der Waals surface area contributed by atoms with Gasteiger partial charge in [-0.05, 0) is 48.9 Å². The quantitative estimate of drug-likeness (QED) is 0.489. The zero-order chi connectivity index (χ0) is 19.5. The van der Waals surface area contributed by atoms with Crippen LogP contribution in [0.2, 0.25) is 0 Å².